The summed E-state index contributed by atoms with van der Waals surface area (Å²) >= 11 is 16.8. The van der Waals surface area contributed by atoms with Gasteiger partial charge in [0.15, 0.2) is 5.75 Å². The van der Waals surface area contributed by atoms with E-state index >= 15 is 0 Å². The number of hydrogen-bond donors (Lipinski definition) is 0. The Bertz CT molecular complexity index is 331. The topological polar surface area (TPSA) is 9.23 Å². The van der Waals surface area contributed by atoms with Crippen molar-refractivity contribution in [3.05, 3.63) is 27.7 Å². The van der Waals surface area contributed by atoms with Gasteiger partial charge >= 0.3 is 6.61 Å². The molecule has 0 radical (unpaired) electrons. The Morgan fingerprint density at radius 1 is 1.29 bits per heavy atom. The van der Waals surface area contributed by atoms with Crippen molar-refractivity contribution in [3.63, 3.8) is 0 Å². The normalized spacial score (nSPS) is 10.7. The molecule has 0 spiro atoms. The zero-order valence-corrected chi connectivity index (χ0v) is 9.01. The molecule has 0 atom stereocenters. The van der Waals surface area contributed by atoms with Gasteiger partial charge in [-0.3, -0.25) is 0 Å². The molecule has 0 saturated carbocycles. The monoisotopic (exact) mass is 260 g/mol. The van der Waals surface area contributed by atoms with Gasteiger partial charge < -0.3 is 4.74 Å². The number of benzene rings is 1. The number of alkyl halides is 3. The van der Waals surface area contributed by atoms with Crippen molar-refractivity contribution in [3.8, 4) is 5.75 Å². The van der Waals surface area contributed by atoms with E-state index in [1.807, 2.05) is 0 Å². The SMILES string of the molecule is FC(F)Oc1c(CCl)ccc(Cl)c1Cl. The molecule has 0 saturated heterocycles. The molecule has 14 heavy (non-hydrogen) atoms. The first-order chi connectivity index (χ1) is 6.56. The molecule has 0 heterocycles. The fourth-order valence-corrected chi connectivity index (χ4v) is 1.48. The van der Waals surface area contributed by atoms with Gasteiger partial charge in [-0.15, -0.1) is 11.6 Å². The highest BCUT2D eigenvalue weighted by atomic mass is 35.5. The summed E-state index contributed by atoms with van der Waals surface area (Å²) in [6.07, 6.45) is 0. The van der Waals surface area contributed by atoms with Crippen LogP contribution in [-0.2, 0) is 5.88 Å². The highest BCUT2D eigenvalue weighted by Crippen LogP contribution is 2.36. The smallest absolute Gasteiger partial charge is 0.387 e. The Hall–Kier alpha value is -0.250. The summed E-state index contributed by atoms with van der Waals surface area (Å²) < 4.78 is 28.2. The van der Waals surface area contributed by atoms with Gasteiger partial charge in [0, 0.05) is 5.56 Å². The van der Waals surface area contributed by atoms with Crippen LogP contribution in [-0.4, -0.2) is 6.61 Å². The molecule has 0 aromatic heterocycles. The van der Waals surface area contributed by atoms with E-state index in [0.717, 1.165) is 0 Å². The second-order valence-electron chi connectivity index (χ2n) is 2.36. The maximum atomic E-state index is 12.0. The van der Waals surface area contributed by atoms with Crippen LogP contribution in [0.5, 0.6) is 5.75 Å². The van der Waals surface area contributed by atoms with Gasteiger partial charge in [-0.2, -0.15) is 8.78 Å². The molecule has 1 aromatic carbocycles. The molecule has 0 aliphatic heterocycles. The largest absolute Gasteiger partial charge is 0.433 e. The standard InChI is InChI=1S/C8H5Cl3F2O/c9-3-4-1-2-5(10)6(11)7(4)14-8(12)13/h1-2,8H,3H2. The second kappa shape index (κ2) is 5.01. The minimum atomic E-state index is -2.95. The van der Waals surface area contributed by atoms with Gasteiger partial charge in [0.2, 0.25) is 0 Å². The van der Waals surface area contributed by atoms with Crippen LogP contribution in [0.3, 0.4) is 0 Å². The Balaban J connectivity index is 3.14. The molecular formula is C8H5Cl3F2O. The lowest BCUT2D eigenvalue weighted by molar-refractivity contribution is -0.0502. The molecule has 0 aliphatic rings. The van der Waals surface area contributed by atoms with Crippen LogP contribution >= 0.6 is 34.8 Å². The average molecular weight is 261 g/mol. The van der Waals surface area contributed by atoms with E-state index in [9.17, 15) is 8.78 Å². The molecule has 1 rings (SSSR count). The van der Waals surface area contributed by atoms with Gasteiger partial charge in [-0.25, -0.2) is 0 Å². The van der Waals surface area contributed by atoms with Crippen molar-refractivity contribution >= 4 is 34.8 Å². The van der Waals surface area contributed by atoms with Crippen molar-refractivity contribution in [1.29, 1.82) is 0 Å². The third kappa shape index (κ3) is 2.62. The van der Waals surface area contributed by atoms with Crippen LogP contribution in [0.1, 0.15) is 5.56 Å². The fraction of sp³-hybridized carbons (Fsp3) is 0.250. The van der Waals surface area contributed by atoms with Gasteiger partial charge in [0.05, 0.1) is 10.9 Å². The van der Waals surface area contributed by atoms with Crippen molar-refractivity contribution in [2.45, 2.75) is 12.5 Å². The summed E-state index contributed by atoms with van der Waals surface area (Å²) in [4.78, 5) is 0. The molecule has 1 nitrogen and oxygen atoms in total. The lowest BCUT2D eigenvalue weighted by atomic mass is 10.2. The van der Waals surface area contributed by atoms with Crippen LogP contribution in [0.25, 0.3) is 0 Å². The van der Waals surface area contributed by atoms with Gasteiger partial charge in [0.25, 0.3) is 0 Å². The highest BCUT2D eigenvalue weighted by molar-refractivity contribution is 6.43. The third-order valence-electron chi connectivity index (χ3n) is 1.48. The molecule has 0 amide bonds. The second-order valence-corrected chi connectivity index (χ2v) is 3.41. The molecule has 0 bridgehead atoms. The highest BCUT2D eigenvalue weighted by Gasteiger charge is 2.15. The molecule has 78 valence electrons. The van der Waals surface area contributed by atoms with E-state index in [1.165, 1.54) is 12.1 Å². The Labute approximate surface area is 94.5 Å². The summed E-state index contributed by atoms with van der Waals surface area (Å²) in [6.45, 7) is -2.95. The first kappa shape index (κ1) is 11.8. The third-order valence-corrected chi connectivity index (χ3v) is 2.56. The fourth-order valence-electron chi connectivity index (χ4n) is 0.894. The van der Waals surface area contributed by atoms with Crippen molar-refractivity contribution in [2.75, 3.05) is 0 Å². The summed E-state index contributed by atoms with van der Waals surface area (Å²) in [7, 11) is 0. The first-order valence-corrected chi connectivity index (χ1v) is 4.83. The summed E-state index contributed by atoms with van der Waals surface area (Å²) in [6, 6.07) is 2.96. The Morgan fingerprint density at radius 3 is 2.43 bits per heavy atom. The lowest BCUT2D eigenvalue weighted by Gasteiger charge is -2.11. The Kier molecular flexibility index (Phi) is 4.23. The molecule has 0 N–H and O–H groups in total. The summed E-state index contributed by atoms with van der Waals surface area (Å²) in [5, 5.41) is 0.0984. The molecule has 6 heteroatoms. The number of halogens is 5. The quantitative estimate of drug-likeness (QED) is 0.736. The van der Waals surface area contributed by atoms with Crippen LogP contribution in [0, 0.1) is 0 Å². The maximum absolute atomic E-state index is 12.0. The van der Waals surface area contributed by atoms with E-state index in [-0.39, 0.29) is 21.7 Å². The summed E-state index contributed by atoms with van der Waals surface area (Å²) in [5.74, 6) is -0.136. The van der Waals surface area contributed by atoms with E-state index in [0.29, 0.717) is 5.56 Å². The average Bonchev–Trinajstić information content (AvgIpc) is 2.13. The van der Waals surface area contributed by atoms with Gasteiger partial charge in [0.1, 0.15) is 5.02 Å². The van der Waals surface area contributed by atoms with E-state index < -0.39 is 6.61 Å². The Morgan fingerprint density at radius 2 is 1.93 bits per heavy atom. The van der Waals surface area contributed by atoms with Crippen LogP contribution < -0.4 is 4.74 Å². The molecular weight excluding hydrogens is 256 g/mol. The van der Waals surface area contributed by atoms with Crippen molar-refractivity contribution < 1.29 is 13.5 Å². The van der Waals surface area contributed by atoms with E-state index in [2.05, 4.69) is 4.74 Å². The molecule has 0 fully saturated rings. The first-order valence-electron chi connectivity index (χ1n) is 3.54. The summed E-state index contributed by atoms with van der Waals surface area (Å²) in [5.41, 5.74) is 0.376. The predicted molar refractivity (Wildman–Crippen MR) is 52.7 cm³/mol. The maximum Gasteiger partial charge on any atom is 0.387 e. The lowest BCUT2D eigenvalue weighted by Crippen LogP contribution is -2.04. The van der Waals surface area contributed by atoms with Crippen LogP contribution in [0.4, 0.5) is 8.78 Å². The minimum absolute atomic E-state index is 0.0267. The zero-order chi connectivity index (χ0) is 10.7. The zero-order valence-electron chi connectivity index (χ0n) is 6.74. The minimum Gasteiger partial charge on any atom is -0.433 e. The van der Waals surface area contributed by atoms with E-state index in [4.69, 9.17) is 34.8 Å². The van der Waals surface area contributed by atoms with Gasteiger partial charge in [-0.05, 0) is 6.07 Å². The number of hydrogen-bond acceptors (Lipinski definition) is 1. The molecule has 0 unspecified atom stereocenters. The number of rotatable bonds is 3. The molecule has 0 aliphatic carbocycles. The van der Waals surface area contributed by atoms with Crippen LogP contribution in [0.15, 0.2) is 12.1 Å². The van der Waals surface area contributed by atoms with E-state index in [1.54, 1.807) is 0 Å². The van der Waals surface area contributed by atoms with Crippen LogP contribution in [0.2, 0.25) is 10.0 Å². The van der Waals surface area contributed by atoms with Gasteiger partial charge in [-0.1, -0.05) is 29.3 Å². The molecule has 1 aromatic rings. The predicted octanol–water partition coefficient (Wildman–Crippen LogP) is 4.33. The van der Waals surface area contributed by atoms with Crippen molar-refractivity contribution in [2.24, 2.45) is 0 Å². The number of ether oxygens (including phenoxy) is 1. The van der Waals surface area contributed by atoms with Crippen molar-refractivity contribution in [1.82, 2.24) is 0 Å².